The summed E-state index contributed by atoms with van der Waals surface area (Å²) in [4.78, 5) is 13.7. The average Bonchev–Trinajstić information content (AvgIpc) is 2.34. The minimum absolute atomic E-state index is 0.153. The van der Waals surface area contributed by atoms with E-state index < -0.39 is 0 Å². The van der Waals surface area contributed by atoms with Crippen LogP contribution in [-0.4, -0.2) is 43.8 Å². The molecule has 0 atom stereocenters. The van der Waals surface area contributed by atoms with Crippen molar-refractivity contribution in [3.8, 4) is 0 Å². The van der Waals surface area contributed by atoms with E-state index in [1.807, 2.05) is 11.8 Å². The standard InChI is InChI=1S/C13H26N2O2/c1-4-15(13(16)17-10-11(2)3)9-12-5-7-14-8-6-12/h11-12,14H,4-10H2,1-3H3. The van der Waals surface area contributed by atoms with Gasteiger partial charge in [0.1, 0.15) is 0 Å². The molecule has 0 aliphatic carbocycles. The molecule has 1 aliphatic rings. The topological polar surface area (TPSA) is 41.6 Å². The zero-order valence-electron chi connectivity index (χ0n) is 11.4. The second kappa shape index (κ2) is 7.54. The van der Waals surface area contributed by atoms with Gasteiger partial charge in [0, 0.05) is 13.1 Å². The Hall–Kier alpha value is -0.770. The van der Waals surface area contributed by atoms with Crippen LogP contribution in [-0.2, 0) is 4.74 Å². The highest BCUT2D eigenvalue weighted by molar-refractivity contribution is 5.67. The molecule has 0 aromatic rings. The number of rotatable bonds is 5. The third-order valence-corrected chi connectivity index (χ3v) is 3.12. The highest BCUT2D eigenvalue weighted by atomic mass is 16.6. The van der Waals surface area contributed by atoms with Crippen LogP contribution in [0.25, 0.3) is 0 Å². The molecule has 0 saturated carbocycles. The number of hydrogen-bond acceptors (Lipinski definition) is 3. The lowest BCUT2D eigenvalue weighted by molar-refractivity contribution is 0.0860. The summed E-state index contributed by atoms with van der Waals surface area (Å²) in [5.74, 6) is 1.03. The largest absolute Gasteiger partial charge is 0.449 e. The van der Waals surface area contributed by atoms with E-state index in [-0.39, 0.29) is 6.09 Å². The summed E-state index contributed by atoms with van der Waals surface area (Å²) in [7, 11) is 0. The van der Waals surface area contributed by atoms with Crippen LogP contribution >= 0.6 is 0 Å². The Morgan fingerprint density at radius 3 is 2.59 bits per heavy atom. The van der Waals surface area contributed by atoms with Gasteiger partial charge in [-0.1, -0.05) is 13.8 Å². The molecule has 100 valence electrons. The Labute approximate surface area is 105 Å². The van der Waals surface area contributed by atoms with Crippen molar-refractivity contribution in [2.24, 2.45) is 11.8 Å². The van der Waals surface area contributed by atoms with Crippen molar-refractivity contribution in [1.82, 2.24) is 10.2 Å². The first-order valence-corrected chi connectivity index (χ1v) is 6.75. The van der Waals surface area contributed by atoms with Crippen molar-refractivity contribution in [2.75, 3.05) is 32.8 Å². The lowest BCUT2D eigenvalue weighted by Gasteiger charge is -2.29. The fourth-order valence-electron chi connectivity index (χ4n) is 2.04. The Balaban J connectivity index is 2.32. The molecule has 0 bridgehead atoms. The second-order valence-corrected chi connectivity index (χ2v) is 5.20. The first-order chi connectivity index (χ1) is 8.13. The van der Waals surface area contributed by atoms with Gasteiger partial charge < -0.3 is 15.0 Å². The van der Waals surface area contributed by atoms with E-state index in [1.54, 1.807) is 0 Å². The first kappa shape index (κ1) is 14.3. The molecule has 1 amide bonds. The normalized spacial score (nSPS) is 17.2. The van der Waals surface area contributed by atoms with Crippen LogP contribution in [0.3, 0.4) is 0 Å². The molecule has 0 radical (unpaired) electrons. The monoisotopic (exact) mass is 242 g/mol. The van der Waals surface area contributed by atoms with Crippen molar-refractivity contribution >= 4 is 6.09 Å². The van der Waals surface area contributed by atoms with Crippen molar-refractivity contribution in [3.05, 3.63) is 0 Å². The van der Waals surface area contributed by atoms with Gasteiger partial charge >= 0.3 is 6.09 Å². The Morgan fingerprint density at radius 1 is 1.41 bits per heavy atom. The van der Waals surface area contributed by atoms with E-state index in [4.69, 9.17) is 4.74 Å². The molecule has 4 heteroatoms. The van der Waals surface area contributed by atoms with Crippen LogP contribution < -0.4 is 5.32 Å². The van der Waals surface area contributed by atoms with E-state index in [0.29, 0.717) is 18.4 Å². The van der Waals surface area contributed by atoms with Crippen molar-refractivity contribution in [1.29, 1.82) is 0 Å². The highest BCUT2D eigenvalue weighted by Gasteiger charge is 2.20. The number of nitrogens with zero attached hydrogens (tertiary/aromatic N) is 1. The first-order valence-electron chi connectivity index (χ1n) is 6.75. The second-order valence-electron chi connectivity index (χ2n) is 5.20. The number of carbonyl (C=O) groups excluding carboxylic acids is 1. The summed E-state index contributed by atoms with van der Waals surface area (Å²) < 4.78 is 5.27. The number of nitrogens with one attached hydrogen (secondary N) is 1. The SMILES string of the molecule is CCN(CC1CCNCC1)C(=O)OCC(C)C. The van der Waals surface area contributed by atoms with E-state index in [1.165, 1.54) is 0 Å². The summed E-state index contributed by atoms with van der Waals surface area (Å²) in [6.45, 7) is 10.4. The molecule has 4 nitrogen and oxygen atoms in total. The molecular formula is C13H26N2O2. The zero-order chi connectivity index (χ0) is 12.7. The maximum Gasteiger partial charge on any atom is 0.409 e. The molecule has 1 N–H and O–H groups in total. The van der Waals surface area contributed by atoms with Crippen molar-refractivity contribution in [3.63, 3.8) is 0 Å². The van der Waals surface area contributed by atoms with E-state index in [9.17, 15) is 4.79 Å². The fraction of sp³-hybridized carbons (Fsp3) is 0.923. The quantitative estimate of drug-likeness (QED) is 0.802. The van der Waals surface area contributed by atoms with Crippen LogP contribution in [0.1, 0.15) is 33.6 Å². The summed E-state index contributed by atoms with van der Waals surface area (Å²) >= 11 is 0. The van der Waals surface area contributed by atoms with Crippen LogP contribution in [0.4, 0.5) is 4.79 Å². The lowest BCUT2D eigenvalue weighted by Crippen LogP contribution is -2.39. The molecule has 0 aromatic carbocycles. The molecule has 1 aliphatic heterocycles. The molecule has 1 heterocycles. The number of amides is 1. The van der Waals surface area contributed by atoms with Crippen LogP contribution in [0.5, 0.6) is 0 Å². The summed E-state index contributed by atoms with van der Waals surface area (Å²) in [6, 6.07) is 0. The third kappa shape index (κ3) is 5.39. The van der Waals surface area contributed by atoms with Gasteiger partial charge in [0.2, 0.25) is 0 Å². The Bertz CT molecular complexity index is 225. The molecule has 1 fully saturated rings. The van der Waals surface area contributed by atoms with E-state index >= 15 is 0 Å². The molecule has 0 aromatic heterocycles. The Kier molecular flexibility index (Phi) is 6.34. The number of hydrogen-bond donors (Lipinski definition) is 1. The van der Waals surface area contributed by atoms with Gasteiger partial charge in [0.25, 0.3) is 0 Å². The summed E-state index contributed by atoms with van der Waals surface area (Å²) in [5.41, 5.74) is 0. The van der Waals surface area contributed by atoms with Crippen molar-refractivity contribution < 1.29 is 9.53 Å². The molecule has 1 rings (SSSR count). The van der Waals surface area contributed by atoms with Crippen molar-refractivity contribution in [2.45, 2.75) is 33.6 Å². The fourth-order valence-corrected chi connectivity index (χ4v) is 2.04. The maximum atomic E-state index is 11.8. The maximum absolute atomic E-state index is 11.8. The van der Waals surface area contributed by atoms with Gasteiger partial charge in [-0.2, -0.15) is 0 Å². The van der Waals surface area contributed by atoms with Gasteiger partial charge in [0.15, 0.2) is 0 Å². The van der Waals surface area contributed by atoms with Gasteiger partial charge in [-0.3, -0.25) is 0 Å². The summed E-state index contributed by atoms with van der Waals surface area (Å²) in [5, 5.41) is 3.34. The van der Waals surface area contributed by atoms with Gasteiger partial charge in [-0.05, 0) is 44.7 Å². The van der Waals surface area contributed by atoms with Crippen LogP contribution in [0, 0.1) is 11.8 Å². The predicted octanol–water partition coefficient (Wildman–Crippen LogP) is 2.10. The van der Waals surface area contributed by atoms with Gasteiger partial charge in [0.05, 0.1) is 6.61 Å². The molecule has 17 heavy (non-hydrogen) atoms. The highest BCUT2D eigenvalue weighted by Crippen LogP contribution is 2.14. The van der Waals surface area contributed by atoms with Gasteiger partial charge in [-0.25, -0.2) is 4.79 Å². The predicted molar refractivity (Wildman–Crippen MR) is 69.0 cm³/mol. The zero-order valence-corrected chi connectivity index (χ0v) is 11.4. The molecular weight excluding hydrogens is 216 g/mol. The lowest BCUT2D eigenvalue weighted by atomic mass is 9.98. The molecule has 1 saturated heterocycles. The van der Waals surface area contributed by atoms with Crippen LogP contribution in [0.2, 0.25) is 0 Å². The van der Waals surface area contributed by atoms with Gasteiger partial charge in [-0.15, -0.1) is 0 Å². The average molecular weight is 242 g/mol. The molecule has 0 unspecified atom stereocenters. The number of carbonyl (C=O) groups is 1. The molecule has 0 spiro atoms. The smallest absolute Gasteiger partial charge is 0.409 e. The number of ether oxygens (including phenoxy) is 1. The van der Waals surface area contributed by atoms with E-state index in [2.05, 4.69) is 19.2 Å². The van der Waals surface area contributed by atoms with Crippen LogP contribution in [0.15, 0.2) is 0 Å². The third-order valence-electron chi connectivity index (χ3n) is 3.12. The minimum Gasteiger partial charge on any atom is -0.449 e. The van der Waals surface area contributed by atoms with E-state index in [0.717, 1.165) is 39.0 Å². The Morgan fingerprint density at radius 2 is 2.06 bits per heavy atom. The summed E-state index contributed by atoms with van der Waals surface area (Å²) in [6.07, 6.45) is 2.17. The number of piperidine rings is 1. The minimum atomic E-state index is -0.153.